The van der Waals surface area contributed by atoms with Gasteiger partial charge in [-0.3, -0.25) is 0 Å². The van der Waals surface area contributed by atoms with Gasteiger partial charge < -0.3 is 10.4 Å². The lowest BCUT2D eigenvalue weighted by Gasteiger charge is -2.15. The van der Waals surface area contributed by atoms with Crippen LogP contribution in [0.4, 0.5) is 11.5 Å². The molecule has 0 radical (unpaired) electrons. The zero-order valence-corrected chi connectivity index (χ0v) is 12.4. The number of aliphatic hydroxyl groups excluding tert-OH is 1. The van der Waals surface area contributed by atoms with Crippen molar-refractivity contribution in [3.63, 3.8) is 0 Å². The molecule has 0 fully saturated rings. The minimum atomic E-state index is -0.653. The van der Waals surface area contributed by atoms with Gasteiger partial charge in [-0.15, -0.1) is 0 Å². The third-order valence-corrected chi connectivity index (χ3v) is 3.61. The number of para-hydroxylation sites is 1. The Balaban J connectivity index is 1.83. The number of pyridine rings is 1. The molecule has 0 unspecified atom stereocenters. The van der Waals surface area contributed by atoms with Crippen molar-refractivity contribution in [3.05, 3.63) is 89.6 Å². The number of rotatable bonds is 4. The largest absolute Gasteiger partial charge is 0.384 e. The minimum absolute atomic E-state index is 0.653. The Kier molecular flexibility index (Phi) is 4.17. The molecule has 1 aromatic heterocycles. The van der Waals surface area contributed by atoms with Crippen LogP contribution >= 0.6 is 0 Å². The number of hydrogen-bond donors (Lipinski definition) is 2. The fourth-order valence-electron chi connectivity index (χ4n) is 2.41. The Morgan fingerprint density at radius 3 is 2.23 bits per heavy atom. The van der Waals surface area contributed by atoms with Gasteiger partial charge in [0, 0.05) is 17.4 Å². The molecule has 2 N–H and O–H groups in total. The van der Waals surface area contributed by atoms with Crippen molar-refractivity contribution in [2.45, 2.75) is 13.0 Å². The molecule has 1 atom stereocenters. The standard InChI is InChI=1S/C19H18N2O/c1-14-12-18(21-16-10-6-3-7-11-16)20-13-17(14)19(22)15-8-4-2-5-9-15/h2-13,19,22H,1H3,(H,20,21)/t19-/m0/s1. The molecule has 1 heterocycles. The lowest BCUT2D eigenvalue weighted by molar-refractivity contribution is 0.219. The Morgan fingerprint density at radius 2 is 1.59 bits per heavy atom. The van der Waals surface area contributed by atoms with E-state index in [4.69, 9.17) is 0 Å². The molecule has 0 bridgehead atoms. The molecule has 0 aliphatic carbocycles. The van der Waals surface area contributed by atoms with E-state index in [2.05, 4.69) is 10.3 Å². The summed E-state index contributed by atoms with van der Waals surface area (Å²) in [5.74, 6) is 0.771. The second kappa shape index (κ2) is 6.41. The Morgan fingerprint density at radius 1 is 0.955 bits per heavy atom. The van der Waals surface area contributed by atoms with E-state index in [0.29, 0.717) is 0 Å². The van der Waals surface area contributed by atoms with Gasteiger partial charge in [0.05, 0.1) is 0 Å². The number of hydrogen-bond acceptors (Lipinski definition) is 3. The molecule has 0 amide bonds. The monoisotopic (exact) mass is 290 g/mol. The minimum Gasteiger partial charge on any atom is -0.384 e. The van der Waals surface area contributed by atoms with Crippen molar-refractivity contribution >= 4 is 11.5 Å². The van der Waals surface area contributed by atoms with Crippen LogP contribution in [0.15, 0.2) is 72.9 Å². The quantitative estimate of drug-likeness (QED) is 0.756. The first-order valence-electron chi connectivity index (χ1n) is 7.25. The molecule has 3 heteroatoms. The van der Waals surface area contributed by atoms with Crippen LogP contribution in [0.5, 0.6) is 0 Å². The average Bonchev–Trinajstić information content (AvgIpc) is 2.56. The molecular weight excluding hydrogens is 272 g/mol. The number of aromatic nitrogens is 1. The van der Waals surface area contributed by atoms with Crippen LogP contribution in [0.2, 0.25) is 0 Å². The summed E-state index contributed by atoms with van der Waals surface area (Å²) in [6.45, 7) is 1.99. The summed E-state index contributed by atoms with van der Waals surface area (Å²) in [6, 6.07) is 21.5. The number of benzene rings is 2. The molecule has 3 nitrogen and oxygen atoms in total. The van der Waals surface area contributed by atoms with E-state index in [1.165, 1.54) is 0 Å². The van der Waals surface area contributed by atoms with Crippen LogP contribution in [0, 0.1) is 6.92 Å². The van der Waals surface area contributed by atoms with Crippen LogP contribution in [-0.2, 0) is 0 Å². The average molecular weight is 290 g/mol. The Bertz CT molecular complexity index is 742. The third kappa shape index (κ3) is 3.15. The second-order valence-electron chi connectivity index (χ2n) is 5.23. The smallest absolute Gasteiger partial charge is 0.130 e. The van der Waals surface area contributed by atoms with Crippen LogP contribution in [-0.4, -0.2) is 10.1 Å². The van der Waals surface area contributed by atoms with Gasteiger partial charge >= 0.3 is 0 Å². The summed E-state index contributed by atoms with van der Waals surface area (Å²) < 4.78 is 0. The summed E-state index contributed by atoms with van der Waals surface area (Å²) in [5, 5.41) is 13.8. The van der Waals surface area contributed by atoms with Crippen molar-refractivity contribution in [1.82, 2.24) is 4.98 Å². The second-order valence-corrected chi connectivity index (χ2v) is 5.23. The van der Waals surface area contributed by atoms with Crippen molar-refractivity contribution in [3.8, 4) is 0 Å². The zero-order valence-electron chi connectivity index (χ0n) is 12.4. The molecular formula is C19H18N2O. The lowest BCUT2D eigenvalue weighted by atomic mass is 9.99. The first kappa shape index (κ1) is 14.3. The molecule has 3 aromatic rings. The maximum absolute atomic E-state index is 10.5. The first-order valence-corrected chi connectivity index (χ1v) is 7.25. The molecule has 110 valence electrons. The third-order valence-electron chi connectivity index (χ3n) is 3.61. The number of anilines is 2. The highest BCUT2D eigenvalue weighted by Gasteiger charge is 2.13. The van der Waals surface area contributed by atoms with Crippen molar-refractivity contribution in [2.24, 2.45) is 0 Å². The zero-order chi connectivity index (χ0) is 15.4. The molecule has 0 saturated heterocycles. The van der Waals surface area contributed by atoms with Crippen LogP contribution in [0.25, 0.3) is 0 Å². The van der Waals surface area contributed by atoms with E-state index >= 15 is 0 Å². The Labute approximate surface area is 130 Å². The number of nitrogens with zero attached hydrogens (tertiary/aromatic N) is 1. The molecule has 0 saturated carbocycles. The summed E-state index contributed by atoms with van der Waals surface area (Å²) in [6.07, 6.45) is 1.08. The van der Waals surface area contributed by atoms with Gasteiger partial charge in [-0.25, -0.2) is 4.98 Å². The maximum atomic E-state index is 10.5. The maximum Gasteiger partial charge on any atom is 0.130 e. The van der Waals surface area contributed by atoms with Gasteiger partial charge in [0.15, 0.2) is 0 Å². The van der Waals surface area contributed by atoms with E-state index in [0.717, 1.165) is 28.2 Å². The summed E-state index contributed by atoms with van der Waals surface area (Å²) in [5.41, 5.74) is 3.69. The topological polar surface area (TPSA) is 45.2 Å². The number of aliphatic hydroxyl groups is 1. The lowest BCUT2D eigenvalue weighted by Crippen LogP contribution is -2.04. The predicted octanol–water partition coefficient (Wildman–Crippen LogP) is 4.22. The van der Waals surface area contributed by atoms with Crippen LogP contribution in [0.1, 0.15) is 22.8 Å². The summed E-state index contributed by atoms with van der Waals surface area (Å²) >= 11 is 0. The highest BCUT2D eigenvalue weighted by Crippen LogP contribution is 2.26. The first-order chi connectivity index (χ1) is 10.7. The van der Waals surface area contributed by atoms with E-state index < -0.39 is 6.10 Å². The van der Waals surface area contributed by atoms with E-state index in [1.807, 2.05) is 73.7 Å². The SMILES string of the molecule is Cc1cc(Nc2ccccc2)ncc1[C@@H](O)c1ccccc1. The molecule has 2 aromatic carbocycles. The summed E-state index contributed by atoms with van der Waals surface area (Å²) in [7, 11) is 0. The van der Waals surface area contributed by atoms with Gasteiger partial charge in [-0.05, 0) is 36.2 Å². The van der Waals surface area contributed by atoms with Crippen molar-refractivity contribution < 1.29 is 5.11 Å². The molecule has 22 heavy (non-hydrogen) atoms. The normalized spacial score (nSPS) is 11.9. The fraction of sp³-hybridized carbons (Fsp3) is 0.105. The highest BCUT2D eigenvalue weighted by molar-refractivity contribution is 5.57. The van der Waals surface area contributed by atoms with Gasteiger partial charge in [0.2, 0.25) is 0 Å². The predicted molar refractivity (Wildman–Crippen MR) is 89.2 cm³/mol. The van der Waals surface area contributed by atoms with E-state index in [1.54, 1.807) is 6.20 Å². The van der Waals surface area contributed by atoms with Gasteiger partial charge in [0.1, 0.15) is 11.9 Å². The van der Waals surface area contributed by atoms with E-state index in [-0.39, 0.29) is 0 Å². The fourth-order valence-corrected chi connectivity index (χ4v) is 2.41. The van der Waals surface area contributed by atoms with Gasteiger partial charge in [-0.2, -0.15) is 0 Å². The Hall–Kier alpha value is -2.65. The number of aryl methyl sites for hydroxylation is 1. The molecule has 0 aliphatic rings. The molecule has 0 spiro atoms. The molecule has 0 aliphatic heterocycles. The summed E-state index contributed by atoms with van der Waals surface area (Å²) in [4.78, 5) is 4.41. The van der Waals surface area contributed by atoms with Gasteiger partial charge in [-0.1, -0.05) is 48.5 Å². The molecule has 3 rings (SSSR count). The van der Waals surface area contributed by atoms with Crippen LogP contribution < -0.4 is 5.32 Å². The van der Waals surface area contributed by atoms with Crippen molar-refractivity contribution in [2.75, 3.05) is 5.32 Å². The van der Waals surface area contributed by atoms with Gasteiger partial charge in [0.25, 0.3) is 0 Å². The number of nitrogens with one attached hydrogen (secondary N) is 1. The van der Waals surface area contributed by atoms with E-state index in [9.17, 15) is 5.11 Å². The highest BCUT2D eigenvalue weighted by atomic mass is 16.3. The van der Waals surface area contributed by atoms with Crippen LogP contribution in [0.3, 0.4) is 0 Å². The van der Waals surface area contributed by atoms with Crippen molar-refractivity contribution in [1.29, 1.82) is 0 Å².